The van der Waals surface area contributed by atoms with Crippen LogP contribution in [-0.4, -0.2) is 24.1 Å². The van der Waals surface area contributed by atoms with Crippen LogP contribution in [-0.2, 0) is 22.0 Å². The maximum Gasteiger partial charge on any atom is 0.272 e. The summed E-state index contributed by atoms with van der Waals surface area (Å²) in [6.07, 6.45) is 4.57. The monoisotopic (exact) mass is 442 g/mol. The third kappa shape index (κ3) is 4.29. The van der Waals surface area contributed by atoms with Crippen LogP contribution in [0.4, 0.5) is 8.78 Å². The van der Waals surface area contributed by atoms with E-state index in [0.717, 1.165) is 23.4 Å². The lowest BCUT2D eigenvalue weighted by atomic mass is 9.95. The van der Waals surface area contributed by atoms with E-state index >= 15 is 0 Å². The van der Waals surface area contributed by atoms with E-state index in [1.54, 1.807) is 28.8 Å². The van der Waals surface area contributed by atoms with Gasteiger partial charge in [-0.1, -0.05) is 18.2 Å². The molecule has 0 spiro atoms. The van der Waals surface area contributed by atoms with Gasteiger partial charge < -0.3 is 9.38 Å². The third-order valence-corrected chi connectivity index (χ3v) is 6.01. The Labute approximate surface area is 177 Å². The normalized spacial score (nSPS) is 11.9. The second-order valence-electron chi connectivity index (χ2n) is 7.69. The minimum Gasteiger partial charge on any atom is -0.326 e. The largest absolute Gasteiger partial charge is 0.326 e. The summed E-state index contributed by atoms with van der Waals surface area (Å²) < 4.78 is 53.0. The maximum absolute atomic E-state index is 14.3. The molecule has 0 unspecified atom stereocenters. The Hall–Kier alpha value is -3.26. The van der Waals surface area contributed by atoms with E-state index in [2.05, 4.69) is 4.98 Å². The lowest BCUT2D eigenvalue weighted by Gasteiger charge is -2.13. The smallest absolute Gasteiger partial charge is 0.272 e. The molecule has 4 rings (SSSR count). The molecule has 0 saturated carbocycles. The molecule has 160 valence electrons. The number of aryl methyl sites for hydroxylation is 1. The van der Waals surface area contributed by atoms with E-state index in [4.69, 9.17) is 0 Å². The van der Waals surface area contributed by atoms with Gasteiger partial charge in [-0.15, -0.1) is 0 Å². The summed E-state index contributed by atoms with van der Waals surface area (Å²) in [6, 6.07) is 10.5. The second-order valence-corrected chi connectivity index (χ2v) is 9.83. The first-order valence-corrected chi connectivity index (χ1v) is 11.6. The number of aromatic amines is 1. The second kappa shape index (κ2) is 7.77. The van der Waals surface area contributed by atoms with Gasteiger partial charge in [-0.3, -0.25) is 4.79 Å². The number of hydrogen-bond donors (Lipinski definition) is 1. The van der Waals surface area contributed by atoms with Crippen molar-refractivity contribution in [2.45, 2.75) is 19.1 Å². The lowest BCUT2D eigenvalue weighted by Crippen LogP contribution is -2.09. The molecule has 0 saturated heterocycles. The van der Waals surface area contributed by atoms with Crippen molar-refractivity contribution in [3.05, 3.63) is 99.1 Å². The molecule has 2 heterocycles. The highest BCUT2D eigenvalue weighted by molar-refractivity contribution is 7.89. The van der Waals surface area contributed by atoms with Crippen molar-refractivity contribution in [2.75, 3.05) is 6.26 Å². The molecule has 0 atom stereocenters. The van der Waals surface area contributed by atoms with Gasteiger partial charge in [-0.25, -0.2) is 17.2 Å². The zero-order valence-corrected chi connectivity index (χ0v) is 17.8. The fraction of sp³-hybridized carbons (Fsp3) is 0.174. The van der Waals surface area contributed by atoms with Gasteiger partial charge in [0.2, 0.25) is 0 Å². The highest BCUT2D eigenvalue weighted by Gasteiger charge is 2.17. The maximum atomic E-state index is 14.3. The molecule has 2 aromatic heterocycles. The van der Waals surface area contributed by atoms with Gasteiger partial charge in [0.05, 0.1) is 11.4 Å². The van der Waals surface area contributed by atoms with Crippen LogP contribution in [0.25, 0.3) is 16.8 Å². The van der Waals surface area contributed by atoms with Gasteiger partial charge >= 0.3 is 0 Å². The molecule has 0 amide bonds. The number of nitrogens with one attached hydrogen (secondary N) is 1. The summed E-state index contributed by atoms with van der Waals surface area (Å²) in [7, 11) is -3.27. The standard InChI is InChI=1S/C23H20F2N2O3S/c1-14-9-21(27-8-7-26-23(28)22(14)27)19-10-15(13-31(2,29)30)3-4-16(19)11-17-5-6-18(24)12-20(17)25/h3-10,12H,11,13H2,1-2H3,(H,26,28). The minimum atomic E-state index is -3.27. The Kier molecular flexibility index (Phi) is 5.26. The fourth-order valence-corrected chi connectivity index (χ4v) is 4.62. The molecule has 0 radical (unpaired) electrons. The molecule has 4 aromatic rings. The molecule has 0 aliphatic rings. The Morgan fingerprint density at radius 2 is 1.77 bits per heavy atom. The van der Waals surface area contributed by atoms with Crippen molar-refractivity contribution >= 4 is 15.4 Å². The van der Waals surface area contributed by atoms with E-state index in [-0.39, 0.29) is 17.7 Å². The van der Waals surface area contributed by atoms with Crippen LogP contribution in [0.2, 0.25) is 0 Å². The van der Waals surface area contributed by atoms with Crippen LogP contribution >= 0.6 is 0 Å². The zero-order valence-electron chi connectivity index (χ0n) is 16.9. The Bertz CT molecular complexity index is 1470. The average Bonchev–Trinajstić information content (AvgIpc) is 3.01. The van der Waals surface area contributed by atoms with E-state index in [1.165, 1.54) is 18.3 Å². The Morgan fingerprint density at radius 1 is 1.03 bits per heavy atom. The number of halogens is 2. The quantitative estimate of drug-likeness (QED) is 0.508. The van der Waals surface area contributed by atoms with Crippen molar-refractivity contribution in [3.8, 4) is 11.3 Å². The predicted octanol–water partition coefficient (Wildman–Crippen LogP) is 4.02. The van der Waals surface area contributed by atoms with Crippen molar-refractivity contribution in [1.29, 1.82) is 0 Å². The topological polar surface area (TPSA) is 71.4 Å². The molecule has 0 aliphatic heterocycles. The number of hydrogen-bond acceptors (Lipinski definition) is 3. The van der Waals surface area contributed by atoms with Crippen LogP contribution in [0.15, 0.2) is 59.7 Å². The van der Waals surface area contributed by atoms with Gasteiger partial charge in [0.25, 0.3) is 5.56 Å². The molecule has 0 fully saturated rings. The van der Waals surface area contributed by atoms with Gasteiger partial charge in [0.15, 0.2) is 9.84 Å². The van der Waals surface area contributed by atoms with Crippen LogP contribution in [0.3, 0.4) is 0 Å². The number of benzene rings is 2. The third-order valence-electron chi connectivity index (χ3n) is 5.16. The van der Waals surface area contributed by atoms with Crippen LogP contribution in [0.5, 0.6) is 0 Å². The highest BCUT2D eigenvalue weighted by atomic mass is 32.2. The van der Waals surface area contributed by atoms with Crippen LogP contribution in [0.1, 0.15) is 22.3 Å². The van der Waals surface area contributed by atoms with E-state index in [0.29, 0.717) is 27.9 Å². The number of rotatable bonds is 5. The van der Waals surface area contributed by atoms with E-state index in [9.17, 15) is 22.0 Å². The molecular weight excluding hydrogens is 422 g/mol. The van der Waals surface area contributed by atoms with Gasteiger partial charge in [0, 0.05) is 36.7 Å². The lowest BCUT2D eigenvalue weighted by molar-refractivity contribution is 0.574. The molecule has 5 nitrogen and oxygen atoms in total. The predicted molar refractivity (Wildman–Crippen MR) is 116 cm³/mol. The molecule has 31 heavy (non-hydrogen) atoms. The van der Waals surface area contributed by atoms with E-state index in [1.807, 2.05) is 13.0 Å². The van der Waals surface area contributed by atoms with Crippen LogP contribution in [0, 0.1) is 18.6 Å². The number of nitrogens with zero attached hydrogens (tertiary/aromatic N) is 1. The molecular formula is C23H20F2N2O3S. The summed E-state index contributed by atoms with van der Waals surface area (Å²) in [4.78, 5) is 15.0. The first-order valence-electron chi connectivity index (χ1n) is 9.55. The Morgan fingerprint density at radius 3 is 2.48 bits per heavy atom. The van der Waals surface area contributed by atoms with Crippen molar-refractivity contribution in [2.24, 2.45) is 0 Å². The Balaban J connectivity index is 1.93. The summed E-state index contributed by atoms with van der Waals surface area (Å²) in [5.74, 6) is -1.45. The molecule has 2 aromatic carbocycles. The van der Waals surface area contributed by atoms with Crippen molar-refractivity contribution in [1.82, 2.24) is 9.38 Å². The van der Waals surface area contributed by atoms with Gasteiger partial charge in [0.1, 0.15) is 17.2 Å². The average molecular weight is 442 g/mol. The molecule has 8 heteroatoms. The van der Waals surface area contributed by atoms with Crippen molar-refractivity contribution < 1.29 is 17.2 Å². The number of sulfone groups is 1. The van der Waals surface area contributed by atoms with Gasteiger partial charge in [-0.05, 0) is 47.4 Å². The molecule has 0 bridgehead atoms. The fourth-order valence-electron chi connectivity index (χ4n) is 3.84. The summed E-state index contributed by atoms with van der Waals surface area (Å²) >= 11 is 0. The summed E-state index contributed by atoms with van der Waals surface area (Å²) in [6.45, 7) is 1.81. The summed E-state index contributed by atoms with van der Waals surface area (Å²) in [5.41, 5.74) is 3.97. The zero-order chi connectivity index (χ0) is 22.3. The first-order chi connectivity index (χ1) is 14.6. The summed E-state index contributed by atoms with van der Waals surface area (Å²) in [5, 5.41) is 0. The van der Waals surface area contributed by atoms with Gasteiger partial charge in [-0.2, -0.15) is 0 Å². The van der Waals surface area contributed by atoms with E-state index < -0.39 is 21.5 Å². The number of fused-ring (bicyclic) bond motifs is 1. The highest BCUT2D eigenvalue weighted by Crippen LogP contribution is 2.31. The minimum absolute atomic E-state index is 0.145. The van der Waals surface area contributed by atoms with Crippen LogP contribution < -0.4 is 5.56 Å². The van der Waals surface area contributed by atoms with Crippen molar-refractivity contribution in [3.63, 3.8) is 0 Å². The SMILES string of the molecule is Cc1cc(-c2cc(CS(C)(=O)=O)ccc2Cc2ccc(F)cc2F)n2cc[nH]c(=O)c12. The molecule has 1 N–H and O–H groups in total. The number of H-pyrrole nitrogens is 1. The first kappa shape index (κ1) is 21.0. The number of aromatic nitrogens is 2. The molecule has 0 aliphatic carbocycles.